The summed E-state index contributed by atoms with van der Waals surface area (Å²) in [5, 5.41) is 13.0. The van der Waals surface area contributed by atoms with Gasteiger partial charge in [-0.05, 0) is 133 Å². The monoisotopic (exact) mass is 1140 g/mol. The molecule has 9 nitrogen and oxygen atoms in total. The van der Waals surface area contributed by atoms with Crippen LogP contribution in [-0.2, 0) is 30.5 Å². The van der Waals surface area contributed by atoms with E-state index in [9.17, 15) is 13.7 Å². The predicted octanol–water partition coefficient (Wildman–Crippen LogP) is 15.5. The van der Waals surface area contributed by atoms with Gasteiger partial charge in [0.2, 0.25) is 0 Å². The van der Waals surface area contributed by atoms with E-state index < -0.39 is 24.8 Å². The first kappa shape index (κ1) is 54.2. The van der Waals surface area contributed by atoms with Crippen LogP contribution >= 0.6 is 24.8 Å². The Morgan fingerprint density at radius 2 is 0.367 bits per heavy atom. The van der Waals surface area contributed by atoms with Crippen molar-refractivity contribution < 1.29 is 87.2 Å². The summed E-state index contributed by atoms with van der Waals surface area (Å²) in [4.78, 5) is 0. The minimum Gasteiger partial charge on any atom is -0.417 e. The molecule has 0 atom stereocenters. The Balaban J connectivity index is 0.000000118. The number of rotatable bonds is 0. The third-order valence-corrected chi connectivity index (χ3v) is 16.1. The molecule has 1 aliphatic carbocycles. The van der Waals surface area contributed by atoms with E-state index >= 15 is 0 Å². The summed E-state index contributed by atoms with van der Waals surface area (Å²) in [6, 6.07) is 72.0. The standard InChI is InChI=1S/3C20H13O3P.C5H5.Co.Na/c3*21-24-22-17-11-9-13-5-1-3-7-15(13)19(17)20-16-8-4-2-6-14(16)10-12-18(20)23-24;1-2-4-5-3-1;;/h3*1-12,24H;1-5H;;/q;;;;;+1. The number of hydrogen-bond donors (Lipinski definition) is 0. The Morgan fingerprint density at radius 1 is 0.215 bits per heavy atom. The molecule has 12 aromatic carbocycles. The van der Waals surface area contributed by atoms with Crippen LogP contribution in [0.1, 0.15) is 0 Å². The van der Waals surface area contributed by atoms with E-state index in [0.717, 1.165) is 98.0 Å². The molecule has 0 unspecified atom stereocenters. The first-order chi connectivity index (χ1) is 37.9. The summed E-state index contributed by atoms with van der Waals surface area (Å²) >= 11 is 0. The second-order valence-corrected chi connectivity index (χ2v) is 21.0. The molecule has 0 N–H and O–H groups in total. The summed E-state index contributed by atoms with van der Waals surface area (Å²) in [6.07, 6.45) is 10.0. The normalized spacial score (nSPS) is 14.0. The van der Waals surface area contributed by atoms with E-state index in [1.54, 1.807) is 0 Å². The van der Waals surface area contributed by atoms with Gasteiger partial charge in [0.25, 0.3) is 0 Å². The number of fused-ring (bicyclic) bond motifs is 21. The van der Waals surface area contributed by atoms with Gasteiger partial charge in [-0.1, -0.05) is 182 Å². The minimum absolute atomic E-state index is 0. The molecule has 1 fully saturated rings. The van der Waals surface area contributed by atoms with Crippen molar-refractivity contribution in [2.24, 2.45) is 0 Å². The molecule has 16 rings (SSSR count). The fraction of sp³-hybridized carbons (Fsp3) is 0. The molecule has 0 amide bonds. The number of benzene rings is 12. The van der Waals surface area contributed by atoms with Crippen LogP contribution in [0.5, 0.6) is 34.5 Å². The Hall–Kier alpha value is -6.80. The van der Waals surface area contributed by atoms with Crippen LogP contribution < -0.4 is 56.7 Å². The van der Waals surface area contributed by atoms with E-state index in [1.807, 2.05) is 178 Å². The summed E-state index contributed by atoms with van der Waals surface area (Å²) < 4.78 is 70.4. The predicted molar refractivity (Wildman–Crippen MR) is 313 cm³/mol. The molecule has 4 aliphatic rings. The van der Waals surface area contributed by atoms with Crippen LogP contribution in [0.3, 0.4) is 0 Å². The minimum atomic E-state index is -2.64. The van der Waals surface area contributed by atoms with Crippen LogP contribution in [0.25, 0.3) is 98.0 Å². The van der Waals surface area contributed by atoms with Crippen molar-refractivity contribution in [3.05, 3.63) is 250 Å². The van der Waals surface area contributed by atoms with Crippen LogP contribution in [0.15, 0.2) is 218 Å². The first-order valence-electron chi connectivity index (χ1n) is 24.9. The van der Waals surface area contributed by atoms with Crippen molar-refractivity contribution in [2.45, 2.75) is 0 Å². The zero-order chi connectivity index (χ0) is 51.8. The molecule has 0 bridgehead atoms. The van der Waals surface area contributed by atoms with E-state index in [-0.39, 0.29) is 46.3 Å². The van der Waals surface area contributed by atoms with Crippen LogP contribution in [-0.4, -0.2) is 0 Å². The molecule has 79 heavy (non-hydrogen) atoms. The molecular formula is C65H44CoNaO9P3+. The van der Waals surface area contributed by atoms with Crippen LogP contribution in [0.4, 0.5) is 0 Å². The van der Waals surface area contributed by atoms with Crippen molar-refractivity contribution in [2.75, 3.05) is 0 Å². The molecule has 0 aromatic heterocycles. The fourth-order valence-corrected chi connectivity index (χ4v) is 12.7. The summed E-state index contributed by atoms with van der Waals surface area (Å²) in [7, 11) is -7.92. The quantitative estimate of drug-likeness (QED) is 0.108. The van der Waals surface area contributed by atoms with Gasteiger partial charge in [0, 0.05) is 50.2 Å². The first-order valence-corrected chi connectivity index (χ1v) is 28.6. The maximum atomic E-state index is 12.2. The molecule has 1 saturated carbocycles. The van der Waals surface area contributed by atoms with Gasteiger partial charge in [0.1, 0.15) is 34.5 Å². The zero-order valence-electron chi connectivity index (χ0n) is 42.2. The Morgan fingerprint density at radius 3 is 0.532 bits per heavy atom. The third kappa shape index (κ3) is 10.7. The van der Waals surface area contributed by atoms with E-state index in [4.69, 9.17) is 27.1 Å². The molecule has 0 saturated heterocycles. The van der Waals surface area contributed by atoms with Crippen LogP contribution in [0, 0.1) is 32.1 Å². The maximum absolute atomic E-state index is 12.2. The smallest absolute Gasteiger partial charge is 0.417 e. The molecular weight excluding hydrogens is 1100 g/mol. The molecule has 382 valence electrons. The summed E-state index contributed by atoms with van der Waals surface area (Å²) in [5.74, 6) is 3.63. The van der Waals surface area contributed by atoms with Gasteiger partial charge in [-0.3, -0.25) is 0 Å². The zero-order valence-corrected chi connectivity index (χ0v) is 48.2. The van der Waals surface area contributed by atoms with Crippen molar-refractivity contribution in [1.29, 1.82) is 0 Å². The molecule has 3 heterocycles. The maximum Gasteiger partial charge on any atom is 1.00 e. The Kier molecular flexibility index (Phi) is 16.4. The van der Waals surface area contributed by atoms with Crippen molar-refractivity contribution in [3.8, 4) is 67.9 Å². The van der Waals surface area contributed by atoms with Crippen molar-refractivity contribution >= 4 is 89.4 Å². The second-order valence-electron chi connectivity index (χ2n) is 18.3. The largest absolute Gasteiger partial charge is 1.00 e. The second kappa shape index (κ2) is 23.9. The van der Waals surface area contributed by atoms with Gasteiger partial charge in [-0.2, -0.15) is 0 Å². The SMILES string of the molecule is O=[PH]1Oc2ccc3ccccc3c2-c2c(ccc3ccccc23)O1.O=[PH]1Oc2ccc3ccccc3c2-c2c(ccc3ccccc23)O1.O=[PH]1Oc2ccc3ccccc3c2-c2c(ccc3ccccc23)O1.[CH]1[CH][CH][CH][CH]1.[Co].[Na+]. The van der Waals surface area contributed by atoms with E-state index in [0.29, 0.717) is 34.5 Å². The molecule has 3 aliphatic heterocycles. The average Bonchev–Trinajstić information content (AvgIpc) is 4.13. The van der Waals surface area contributed by atoms with Gasteiger partial charge in [0.05, 0.1) is 0 Å². The third-order valence-electron chi connectivity index (χ3n) is 13.8. The average molecular weight is 1140 g/mol. The molecule has 12 aromatic rings. The van der Waals surface area contributed by atoms with E-state index in [1.165, 1.54) is 0 Å². The summed E-state index contributed by atoms with van der Waals surface area (Å²) in [5.41, 5.74) is 5.64. The molecule has 0 spiro atoms. The van der Waals surface area contributed by atoms with Crippen LogP contribution in [0.2, 0.25) is 0 Å². The summed E-state index contributed by atoms with van der Waals surface area (Å²) in [6.45, 7) is 0. The van der Waals surface area contributed by atoms with Crippen molar-refractivity contribution in [1.82, 2.24) is 0 Å². The molecule has 14 heteroatoms. The van der Waals surface area contributed by atoms with Gasteiger partial charge in [-0.25, -0.2) is 13.7 Å². The van der Waals surface area contributed by atoms with Gasteiger partial charge >= 0.3 is 54.3 Å². The van der Waals surface area contributed by atoms with Gasteiger partial charge in [0.15, 0.2) is 0 Å². The Labute approximate surface area is 491 Å². The number of hydrogen-bond acceptors (Lipinski definition) is 9. The Bertz CT molecular complexity index is 3670. The van der Waals surface area contributed by atoms with Gasteiger partial charge in [-0.15, -0.1) is 0 Å². The fourth-order valence-electron chi connectivity index (χ4n) is 10.5. The van der Waals surface area contributed by atoms with E-state index in [2.05, 4.69) is 72.8 Å². The van der Waals surface area contributed by atoms with Crippen molar-refractivity contribution in [3.63, 3.8) is 0 Å². The molecule has 6 radical (unpaired) electrons. The topological polar surface area (TPSA) is 107 Å². The van der Waals surface area contributed by atoms with Gasteiger partial charge < -0.3 is 27.1 Å².